The molecule has 0 N–H and O–H groups in total. The molecule has 0 aliphatic carbocycles. The molecule has 10 aromatic rings. The second kappa shape index (κ2) is 11.2. The Morgan fingerprint density at radius 3 is 1.96 bits per heavy atom. The van der Waals surface area contributed by atoms with E-state index in [0.717, 1.165) is 39.0 Å². The molecule has 230 valence electrons. The summed E-state index contributed by atoms with van der Waals surface area (Å²) in [7, 11) is 0. The third kappa shape index (κ3) is 4.70. The number of fused-ring (bicyclic) bond motifs is 7. The van der Waals surface area contributed by atoms with E-state index in [2.05, 4.69) is 169 Å². The van der Waals surface area contributed by atoms with E-state index in [1.54, 1.807) is 0 Å². The number of nitrogens with zero attached hydrogens (tertiary/aromatic N) is 1. The maximum atomic E-state index is 6.37. The van der Waals surface area contributed by atoms with Gasteiger partial charge >= 0.3 is 0 Å². The summed E-state index contributed by atoms with van der Waals surface area (Å²) in [5, 5.41) is 7.37. The van der Waals surface area contributed by atoms with Gasteiger partial charge in [-0.1, -0.05) is 109 Å². The zero-order valence-electron chi connectivity index (χ0n) is 26.5. The van der Waals surface area contributed by atoms with Gasteiger partial charge in [0, 0.05) is 54.1 Å². The summed E-state index contributed by atoms with van der Waals surface area (Å²) in [6, 6.07) is 63.3. The lowest BCUT2D eigenvalue weighted by Crippen LogP contribution is -2.10. The van der Waals surface area contributed by atoms with E-state index in [9.17, 15) is 0 Å². The van der Waals surface area contributed by atoms with Crippen LogP contribution in [-0.2, 0) is 0 Å². The standard InChI is InChI=1S/C46H29NOS/c1-2-13-37-31(9-1)10-8-16-38(37)33-11-7-12-35(27-33)47(36-24-25-40-39-14-3-5-17-43(39)48-44(40)29-36)34-22-19-30(20-23-34)32-21-26-46-42(28-32)41-15-4-6-18-45(41)49-46/h1-29H. The highest BCUT2D eigenvalue weighted by molar-refractivity contribution is 7.25. The molecule has 10 rings (SSSR count). The van der Waals surface area contributed by atoms with E-state index in [-0.39, 0.29) is 0 Å². The number of para-hydroxylation sites is 1. The van der Waals surface area contributed by atoms with Crippen molar-refractivity contribution in [2.45, 2.75) is 0 Å². The van der Waals surface area contributed by atoms with Crippen LogP contribution < -0.4 is 4.90 Å². The Balaban J connectivity index is 1.11. The Morgan fingerprint density at radius 1 is 0.367 bits per heavy atom. The van der Waals surface area contributed by atoms with Gasteiger partial charge in [-0.2, -0.15) is 0 Å². The molecule has 2 aromatic heterocycles. The fourth-order valence-corrected chi connectivity index (χ4v) is 8.39. The van der Waals surface area contributed by atoms with Gasteiger partial charge in [-0.25, -0.2) is 0 Å². The number of anilines is 3. The Kier molecular flexibility index (Phi) is 6.39. The largest absolute Gasteiger partial charge is 0.456 e. The average molecular weight is 644 g/mol. The van der Waals surface area contributed by atoms with Gasteiger partial charge in [-0.05, 0) is 93.7 Å². The highest BCUT2D eigenvalue weighted by atomic mass is 32.1. The second-order valence-electron chi connectivity index (χ2n) is 12.5. The molecule has 0 spiro atoms. The van der Waals surface area contributed by atoms with E-state index in [0.29, 0.717) is 0 Å². The van der Waals surface area contributed by atoms with Crippen molar-refractivity contribution in [3.8, 4) is 22.3 Å². The van der Waals surface area contributed by atoms with E-state index < -0.39 is 0 Å². The van der Waals surface area contributed by atoms with E-state index in [1.807, 2.05) is 23.5 Å². The van der Waals surface area contributed by atoms with Gasteiger partial charge in [0.15, 0.2) is 0 Å². The highest BCUT2D eigenvalue weighted by Gasteiger charge is 2.17. The summed E-state index contributed by atoms with van der Waals surface area (Å²) in [6.45, 7) is 0. The van der Waals surface area contributed by atoms with Gasteiger partial charge in [0.25, 0.3) is 0 Å². The minimum Gasteiger partial charge on any atom is -0.456 e. The molecule has 0 saturated heterocycles. The summed E-state index contributed by atoms with van der Waals surface area (Å²) < 4.78 is 9.01. The first-order valence-electron chi connectivity index (χ1n) is 16.6. The minimum absolute atomic E-state index is 0.877. The van der Waals surface area contributed by atoms with Crippen LogP contribution in [0.2, 0.25) is 0 Å². The predicted molar refractivity (Wildman–Crippen MR) is 210 cm³/mol. The number of rotatable bonds is 5. The van der Waals surface area contributed by atoms with Crippen molar-refractivity contribution >= 4 is 81.3 Å². The van der Waals surface area contributed by atoms with Crippen molar-refractivity contribution in [1.82, 2.24) is 0 Å². The lowest BCUT2D eigenvalue weighted by Gasteiger charge is -2.26. The molecule has 0 atom stereocenters. The molecule has 2 heterocycles. The lowest BCUT2D eigenvalue weighted by atomic mass is 9.97. The van der Waals surface area contributed by atoms with Crippen LogP contribution in [-0.4, -0.2) is 0 Å². The zero-order valence-corrected chi connectivity index (χ0v) is 27.3. The molecule has 3 heteroatoms. The quantitative estimate of drug-likeness (QED) is 0.186. The molecular formula is C46H29NOS. The highest BCUT2D eigenvalue weighted by Crippen LogP contribution is 2.42. The van der Waals surface area contributed by atoms with Gasteiger partial charge in [-0.15, -0.1) is 11.3 Å². The molecule has 49 heavy (non-hydrogen) atoms. The van der Waals surface area contributed by atoms with Crippen LogP contribution in [0.5, 0.6) is 0 Å². The first-order chi connectivity index (χ1) is 24.3. The molecule has 0 bridgehead atoms. The molecule has 0 aliphatic heterocycles. The van der Waals surface area contributed by atoms with Crippen LogP contribution in [0.4, 0.5) is 17.1 Å². The maximum Gasteiger partial charge on any atom is 0.137 e. The summed E-state index contributed by atoms with van der Waals surface area (Å²) in [5.74, 6) is 0. The first-order valence-corrected chi connectivity index (χ1v) is 17.4. The van der Waals surface area contributed by atoms with Gasteiger partial charge in [0.05, 0.1) is 0 Å². The van der Waals surface area contributed by atoms with Crippen molar-refractivity contribution in [3.05, 3.63) is 176 Å². The molecule has 0 amide bonds. The number of hydrogen-bond acceptors (Lipinski definition) is 3. The minimum atomic E-state index is 0.877. The second-order valence-corrected chi connectivity index (χ2v) is 13.6. The van der Waals surface area contributed by atoms with E-state index >= 15 is 0 Å². The summed E-state index contributed by atoms with van der Waals surface area (Å²) >= 11 is 1.85. The van der Waals surface area contributed by atoms with E-state index in [4.69, 9.17) is 4.42 Å². The van der Waals surface area contributed by atoms with Gasteiger partial charge in [-0.3, -0.25) is 0 Å². The van der Waals surface area contributed by atoms with Gasteiger partial charge in [0.1, 0.15) is 11.2 Å². The van der Waals surface area contributed by atoms with Crippen LogP contribution in [0.3, 0.4) is 0 Å². The van der Waals surface area contributed by atoms with Crippen LogP contribution in [0.1, 0.15) is 0 Å². The normalized spacial score (nSPS) is 11.7. The molecule has 0 saturated carbocycles. The zero-order chi connectivity index (χ0) is 32.3. The molecule has 0 aliphatic rings. The first kappa shape index (κ1) is 27.9. The van der Waals surface area contributed by atoms with Crippen molar-refractivity contribution in [1.29, 1.82) is 0 Å². The van der Waals surface area contributed by atoms with Crippen molar-refractivity contribution < 1.29 is 4.42 Å². The van der Waals surface area contributed by atoms with Gasteiger partial charge in [0.2, 0.25) is 0 Å². The Morgan fingerprint density at radius 2 is 1.04 bits per heavy atom. The maximum absolute atomic E-state index is 6.37. The number of hydrogen-bond donors (Lipinski definition) is 0. The predicted octanol–water partition coefficient (Wildman–Crippen LogP) is 13.9. The fourth-order valence-electron chi connectivity index (χ4n) is 7.30. The number of benzene rings is 8. The fraction of sp³-hybridized carbons (Fsp3) is 0. The van der Waals surface area contributed by atoms with Crippen LogP contribution in [0.25, 0.3) is 75.1 Å². The molecular weight excluding hydrogens is 615 g/mol. The van der Waals surface area contributed by atoms with Gasteiger partial charge < -0.3 is 9.32 Å². The lowest BCUT2D eigenvalue weighted by molar-refractivity contribution is 0.669. The number of furan rings is 1. The van der Waals surface area contributed by atoms with Crippen molar-refractivity contribution in [2.24, 2.45) is 0 Å². The monoisotopic (exact) mass is 643 g/mol. The average Bonchev–Trinajstić information content (AvgIpc) is 3.73. The molecule has 8 aromatic carbocycles. The Labute approximate surface area is 287 Å². The van der Waals surface area contributed by atoms with Crippen LogP contribution in [0.15, 0.2) is 180 Å². The molecule has 0 radical (unpaired) electrons. The summed E-state index contributed by atoms with van der Waals surface area (Å²) in [6.07, 6.45) is 0. The topological polar surface area (TPSA) is 16.4 Å². The third-order valence-corrected chi connectivity index (χ3v) is 10.8. The third-order valence-electron chi connectivity index (χ3n) is 9.66. The van der Waals surface area contributed by atoms with Crippen molar-refractivity contribution in [3.63, 3.8) is 0 Å². The van der Waals surface area contributed by atoms with Crippen LogP contribution in [0, 0.1) is 0 Å². The Bertz CT molecular complexity index is 2840. The number of thiophene rings is 1. The SMILES string of the molecule is c1cc(-c2cccc3ccccc23)cc(N(c2ccc(-c3ccc4sc5ccccc5c4c3)cc2)c2ccc3c(c2)oc2ccccc23)c1. The van der Waals surface area contributed by atoms with Crippen LogP contribution >= 0.6 is 11.3 Å². The molecule has 0 unspecified atom stereocenters. The van der Waals surface area contributed by atoms with E-state index in [1.165, 1.54) is 53.2 Å². The van der Waals surface area contributed by atoms with Crippen molar-refractivity contribution in [2.75, 3.05) is 4.90 Å². The molecule has 2 nitrogen and oxygen atoms in total. The summed E-state index contributed by atoms with van der Waals surface area (Å²) in [4.78, 5) is 2.33. The Hall–Kier alpha value is -6.16. The molecule has 0 fully saturated rings. The smallest absolute Gasteiger partial charge is 0.137 e. The summed E-state index contributed by atoms with van der Waals surface area (Å²) in [5.41, 5.74) is 9.79.